The second-order valence-electron chi connectivity index (χ2n) is 3.21. The van der Waals surface area contributed by atoms with E-state index >= 15 is 0 Å². The fourth-order valence-electron chi connectivity index (χ4n) is 1.01. The third kappa shape index (κ3) is 9.37. The van der Waals surface area contributed by atoms with Gasteiger partial charge in [0.1, 0.15) is 6.54 Å². The van der Waals surface area contributed by atoms with Gasteiger partial charge in [0.25, 0.3) is 0 Å². The van der Waals surface area contributed by atoms with Crippen molar-refractivity contribution in [2.24, 2.45) is 4.99 Å². The van der Waals surface area contributed by atoms with Gasteiger partial charge in [-0.25, -0.2) is 4.99 Å². The second kappa shape index (κ2) is 10.9. The number of hydrogen-bond acceptors (Lipinski definition) is 3. The lowest BCUT2D eigenvalue weighted by atomic mass is 10.5. The van der Waals surface area contributed by atoms with Gasteiger partial charge in [-0.05, 0) is 6.92 Å². The molecule has 0 aromatic heterocycles. The normalized spacial score (nSPS) is 10.8. The van der Waals surface area contributed by atoms with Crippen molar-refractivity contribution < 1.29 is 9.53 Å². The van der Waals surface area contributed by atoms with Gasteiger partial charge in [0.2, 0.25) is 5.91 Å². The zero-order valence-electron chi connectivity index (χ0n) is 10.6. The minimum atomic E-state index is -0.127. The molecule has 0 bridgehead atoms. The Morgan fingerprint density at radius 3 is 2.76 bits per heavy atom. The Morgan fingerprint density at radius 1 is 1.41 bits per heavy atom. The molecule has 3 N–H and O–H groups in total. The maximum Gasteiger partial charge on any atom is 0.241 e. The lowest BCUT2D eigenvalue weighted by Crippen LogP contribution is -2.38. The minimum absolute atomic E-state index is 0.0934. The van der Waals surface area contributed by atoms with Crippen LogP contribution < -0.4 is 16.0 Å². The van der Waals surface area contributed by atoms with E-state index in [4.69, 9.17) is 4.74 Å². The van der Waals surface area contributed by atoms with Crippen molar-refractivity contribution in [1.29, 1.82) is 0 Å². The van der Waals surface area contributed by atoms with Crippen molar-refractivity contribution in [3.8, 4) is 0 Å². The summed E-state index contributed by atoms with van der Waals surface area (Å²) in [6.07, 6.45) is 1.73. The van der Waals surface area contributed by atoms with E-state index in [0.717, 1.165) is 6.54 Å². The predicted molar refractivity (Wildman–Crippen MR) is 69.1 cm³/mol. The number of ether oxygens (including phenoxy) is 1. The Kier molecular flexibility index (Phi) is 9.94. The number of guanidine groups is 1. The van der Waals surface area contributed by atoms with E-state index in [1.165, 1.54) is 0 Å². The fourth-order valence-corrected chi connectivity index (χ4v) is 1.01. The lowest BCUT2D eigenvalue weighted by Gasteiger charge is -2.09. The lowest BCUT2D eigenvalue weighted by molar-refractivity contribution is -0.119. The number of amides is 1. The summed E-state index contributed by atoms with van der Waals surface area (Å²) in [6, 6.07) is 0. The second-order valence-corrected chi connectivity index (χ2v) is 3.21. The highest BCUT2D eigenvalue weighted by atomic mass is 16.5. The molecule has 0 spiro atoms. The maximum atomic E-state index is 11.4. The van der Waals surface area contributed by atoms with Crippen molar-refractivity contribution in [2.45, 2.75) is 6.92 Å². The minimum Gasteiger partial charge on any atom is -0.383 e. The van der Waals surface area contributed by atoms with E-state index in [2.05, 4.69) is 27.5 Å². The summed E-state index contributed by atoms with van der Waals surface area (Å²) in [6.45, 7) is 8.01. The van der Waals surface area contributed by atoms with Crippen molar-refractivity contribution in [3.63, 3.8) is 0 Å². The van der Waals surface area contributed by atoms with Crippen LogP contribution in [-0.4, -0.2) is 51.8 Å². The van der Waals surface area contributed by atoms with E-state index in [0.29, 0.717) is 25.7 Å². The van der Waals surface area contributed by atoms with Gasteiger partial charge in [-0.2, -0.15) is 0 Å². The first-order chi connectivity index (χ1) is 8.24. The topological polar surface area (TPSA) is 74.8 Å². The summed E-state index contributed by atoms with van der Waals surface area (Å²) in [5.41, 5.74) is 0. The van der Waals surface area contributed by atoms with Crippen LogP contribution in [0, 0.1) is 0 Å². The average molecular weight is 242 g/mol. The van der Waals surface area contributed by atoms with Crippen molar-refractivity contribution in [2.75, 3.05) is 39.9 Å². The number of aliphatic imine (C=N–C) groups is 1. The molecule has 98 valence electrons. The van der Waals surface area contributed by atoms with Gasteiger partial charge in [-0.1, -0.05) is 6.08 Å². The Morgan fingerprint density at radius 2 is 2.18 bits per heavy atom. The largest absolute Gasteiger partial charge is 0.383 e. The number of nitrogens with one attached hydrogen (secondary N) is 3. The van der Waals surface area contributed by atoms with Gasteiger partial charge in [0, 0.05) is 26.7 Å². The molecular formula is C11H22N4O2. The molecule has 0 unspecified atom stereocenters. The molecule has 0 saturated heterocycles. The molecule has 0 aliphatic rings. The summed E-state index contributed by atoms with van der Waals surface area (Å²) in [7, 11) is 1.59. The maximum absolute atomic E-state index is 11.4. The van der Waals surface area contributed by atoms with Gasteiger partial charge < -0.3 is 20.7 Å². The molecule has 6 nitrogen and oxygen atoms in total. The first-order valence-corrected chi connectivity index (χ1v) is 5.63. The highest BCUT2D eigenvalue weighted by Gasteiger charge is 2.00. The summed E-state index contributed by atoms with van der Waals surface area (Å²) < 4.78 is 4.82. The Balaban J connectivity index is 3.95. The fraction of sp³-hybridized carbons (Fsp3) is 0.636. The SMILES string of the molecule is C=CCNC(=NCC(=O)NCCOC)NCC. The van der Waals surface area contributed by atoms with Crippen molar-refractivity contribution in [1.82, 2.24) is 16.0 Å². The molecule has 0 saturated carbocycles. The molecule has 0 fully saturated rings. The predicted octanol–water partition coefficient (Wildman–Crippen LogP) is -0.510. The number of nitrogens with zero attached hydrogens (tertiary/aromatic N) is 1. The van der Waals surface area contributed by atoms with E-state index in [1.807, 2.05) is 6.92 Å². The molecule has 0 aliphatic carbocycles. The van der Waals surface area contributed by atoms with Gasteiger partial charge in [0.15, 0.2) is 5.96 Å². The Hall–Kier alpha value is -1.56. The molecule has 0 rings (SSSR count). The van der Waals surface area contributed by atoms with Gasteiger partial charge in [-0.3, -0.25) is 4.79 Å². The van der Waals surface area contributed by atoms with Crippen LogP contribution in [0.2, 0.25) is 0 Å². The third-order valence-corrected chi connectivity index (χ3v) is 1.77. The quantitative estimate of drug-likeness (QED) is 0.232. The Bertz CT molecular complexity index is 254. The van der Waals surface area contributed by atoms with E-state index in [9.17, 15) is 4.79 Å². The number of carbonyl (C=O) groups is 1. The third-order valence-electron chi connectivity index (χ3n) is 1.77. The number of carbonyl (C=O) groups excluding carboxylic acids is 1. The summed E-state index contributed by atoms with van der Waals surface area (Å²) in [5.74, 6) is 0.479. The van der Waals surface area contributed by atoms with Crippen LogP contribution in [-0.2, 0) is 9.53 Å². The average Bonchev–Trinajstić information content (AvgIpc) is 2.33. The number of methoxy groups -OCH3 is 1. The van der Waals surface area contributed by atoms with Crippen LogP contribution >= 0.6 is 0 Å². The molecule has 1 amide bonds. The summed E-state index contributed by atoms with van der Waals surface area (Å²) in [5, 5.41) is 8.73. The van der Waals surface area contributed by atoms with E-state index in [1.54, 1.807) is 13.2 Å². The zero-order chi connectivity index (χ0) is 12.9. The molecule has 0 heterocycles. The van der Waals surface area contributed by atoms with Crippen LogP contribution in [0.1, 0.15) is 6.92 Å². The van der Waals surface area contributed by atoms with E-state index in [-0.39, 0.29) is 12.5 Å². The summed E-state index contributed by atoms with van der Waals surface area (Å²) >= 11 is 0. The molecule has 0 aromatic carbocycles. The van der Waals surface area contributed by atoms with Crippen LogP contribution in [0.4, 0.5) is 0 Å². The molecule has 0 radical (unpaired) electrons. The number of hydrogen-bond donors (Lipinski definition) is 3. The first kappa shape index (κ1) is 15.4. The zero-order valence-corrected chi connectivity index (χ0v) is 10.6. The van der Waals surface area contributed by atoms with Gasteiger partial charge in [-0.15, -0.1) is 6.58 Å². The molecule has 0 atom stereocenters. The highest BCUT2D eigenvalue weighted by molar-refractivity contribution is 5.84. The standard InChI is InChI=1S/C11H22N4O2/c1-4-6-14-11(12-5-2)15-9-10(16)13-7-8-17-3/h4H,1,5-9H2,2-3H3,(H,13,16)(H2,12,14,15). The van der Waals surface area contributed by atoms with E-state index < -0.39 is 0 Å². The monoisotopic (exact) mass is 242 g/mol. The van der Waals surface area contributed by atoms with Gasteiger partial charge >= 0.3 is 0 Å². The molecular weight excluding hydrogens is 220 g/mol. The van der Waals surface area contributed by atoms with Crippen LogP contribution in [0.25, 0.3) is 0 Å². The Labute approximate surface area is 103 Å². The van der Waals surface area contributed by atoms with Gasteiger partial charge in [0.05, 0.1) is 6.61 Å². The van der Waals surface area contributed by atoms with Crippen molar-refractivity contribution >= 4 is 11.9 Å². The molecule has 6 heteroatoms. The summed E-state index contributed by atoms with van der Waals surface area (Å²) in [4.78, 5) is 15.5. The number of rotatable bonds is 8. The smallest absolute Gasteiger partial charge is 0.241 e. The van der Waals surface area contributed by atoms with Crippen LogP contribution in [0.15, 0.2) is 17.6 Å². The molecule has 17 heavy (non-hydrogen) atoms. The van der Waals surface area contributed by atoms with Crippen LogP contribution in [0.5, 0.6) is 0 Å². The molecule has 0 aliphatic heterocycles. The highest BCUT2D eigenvalue weighted by Crippen LogP contribution is 1.76. The van der Waals surface area contributed by atoms with Crippen LogP contribution in [0.3, 0.4) is 0 Å². The molecule has 0 aromatic rings. The van der Waals surface area contributed by atoms with Crippen molar-refractivity contribution in [3.05, 3.63) is 12.7 Å². The first-order valence-electron chi connectivity index (χ1n) is 5.63.